The van der Waals surface area contributed by atoms with Crippen LogP contribution in [0.5, 0.6) is 0 Å². The van der Waals surface area contributed by atoms with E-state index in [0.717, 1.165) is 11.4 Å². The van der Waals surface area contributed by atoms with Crippen molar-refractivity contribution in [3.63, 3.8) is 0 Å². The third kappa shape index (κ3) is 3.62. The lowest BCUT2D eigenvalue weighted by molar-refractivity contribution is 0.277. The normalized spacial score (nSPS) is 16.6. The van der Waals surface area contributed by atoms with Crippen LogP contribution in [-0.4, -0.2) is 50.5 Å². The zero-order chi connectivity index (χ0) is 18.8. The van der Waals surface area contributed by atoms with Crippen LogP contribution in [0.1, 0.15) is 12.8 Å². The minimum absolute atomic E-state index is 0.502. The lowest BCUT2D eigenvalue weighted by Crippen LogP contribution is -2.34. The van der Waals surface area contributed by atoms with Crippen molar-refractivity contribution in [2.24, 2.45) is 0 Å². The average molecular weight is 389 g/mol. The van der Waals surface area contributed by atoms with E-state index >= 15 is 0 Å². The molecule has 142 valence electrons. The maximum absolute atomic E-state index is 13.6. The molecule has 1 unspecified atom stereocenters. The fraction of sp³-hybridized carbons (Fsp3) is 0.353. The highest BCUT2D eigenvalue weighted by atomic mass is 32.2. The summed E-state index contributed by atoms with van der Waals surface area (Å²) in [6.45, 7) is 1.26. The van der Waals surface area contributed by atoms with Gasteiger partial charge in [0, 0.05) is 13.1 Å². The van der Waals surface area contributed by atoms with Crippen molar-refractivity contribution < 1.29 is 8.60 Å². The van der Waals surface area contributed by atoms with Crippen molar-refractivity contribution >= 4 is 39.3 Å². The van der Waals surface area contributed by atoms with Gasteiger partial charge in [-0.1, -0.05) is 0 Å². The van der Waals surface area contributed by atoms with Gasteiger partial charge in [0.2, 0.25) is 0 Å². The van der Waals surface area contributed by atoms with E-state index in [4.69, 9.17) is 0 Å². The number of imidazole rings is 1. The Morgan fingerprint density at radius 3 is 2.85 bits per heavy atom. The average Bonchev–Trinajstić information content (AvgIpc) is 3.18. The number of piperidine rings is 1. The molecule has 8 nitrogen and oxygen atoms in total. The van der Waals surface area contributed by atoms with Crippen LogP contribution < -0.4 is 14.9 Å². The van der Waals surface area contributed by atoms with Crippen LogP contribution >= 0.6 is 0 Å². The fourth-order valence-electron chi connectivity index (χ4n) is 3.20. The quantitative estimate of drug-likeness (QED) is 0.619. The maximum Gasteiger partial charge on any atom is 0.182 e. The van der Waals surface area contributed by atoms with Crippen LogP contribution in [0.15, 0.2) is 35.7 Å². The predicted molar refractivity (Wildman–Crippen MR) is 103 cm³/mol. The summed E-state index contributed by atoms with van der Waals surface area (Å²) in [7, 11) is 0.322. The number of alkyl halides is 1. The minimum Gasteiger partial charge on any atom is -0.370 e. The number of halogens is 1. The fourth-order valence-corrected chi connectivity index (χ4v) is 3.85. The molecule has 1 aromatic carbocycles. The lowest BCUT2D eigenvalue weighted by Gasteiger charge is -2.32. The van der Waals surface area contributed by atoms with Crippen molar-refractivity contribution in [1.29, 1.82) is 0 Å². The number of benzene rings is 1. The van der Waals surface area contributed by atoms with Gasteiger partial charge in [-0.15, -0.1) is 0 Å². The Labute approximate surface area is 158 Å². The molecule has 0 radical (unpaired) electrons. The molecule has 10 heteroatoms. The molecule has 0 amide bonds. The number of hydrogen-bond acceptors (Lipinski definition) is 6. The highest BCUT2D eigenvalue weighted by Gasteiger charge is 2.22. The monoisotopic (exact) mass is 389 g/mol. The zero-order valence-electron chi connectivity index (χ0n) is 14.8. The van der Waals surface area contributed by atoms with E-state index in [-0.39, 0.29) is 0 Å². The third-order valence-corrected chi connectivity index (χ3v) is 5.66. The van der Waals surface area contributed by atoms with Crippen molar-refractivity contribution in [3.05, 3.63) is 30.9 Å². The highest BCUT2D eigenvalue weighted by Crippen LogP contribution is 2.33. The molecule has 3 N–H and O–H groups in total. The van der Waals surface area contributed by atoms with Crippen LogP contribution in [0.3, 0.4) is 0 Å². The van der Waals surface area contributed by atoms with E-state index < -0.39 is 17.2 Å². The zero-order valence-corrected chi connectivity index (χ0v) is 15.6. The molecule has 27 heavy (non-hydrogen) atoms. The number of nitrogens with zero attached hydrogens (tertiary/aromatic N) is 4. The van der Waals surface area contributed by atoms with Gasteiger partial charge in [0.15, 0.2) is 11.5 Å². The number of nitrogens with one attached hydrogen (secondary N) is 3. The van der Waals surface area contributed by atoms with Crippen LogP contribution in [0.4, 0.5) is 21.6 Å². The summed E-state index contributed by atoms with van der Waals surface area (Å²) in [4.78, 5) is 18.4. The molecule has 4 rings (SSSR count). The van der Waals surface area contributed by atoms with Gasteiger partial charge in [0.05, 0.1) is 22.6 Å². The predicted octanol–water partition coefficient (Wildman–Crippen LogP) is 2.28. The van der Waals surface area contributed by atoms with E-state index in [1.165, 1.54) is 6.33 Å². The molecule has 0 spiro atoms. The Balaban J connectivity index is 1.73. The lowest BCUT2D eigenvalue weighted by atomic mass is 10.1. The Hall–Kier alpha value is -2.59. The summed E-state index contributed by atoms with van der Waals surface area (Å²) in [6.07, 6.45) is 3.25. The maximum atomic E-state index is 13.6. The summed E-state index contributed by atoms with van der Waals surface area (Å²) < 4.78 is 28.5. The van der Waals surface area contributed by atoms with E-state index in [2.05, 4.69) is 34.9 Å². The Morgan fingerprint density at radius 1 is 1.26 bits per heavy atom. The van der Waals surface area contributed by atoms with E-state index in [1.54, 1.807) is 13.4 Å². The second kappa shape index (κ2) is 7.57. The number of aromatic nitrogens is 4. The summed E-state index contributed by atoms with van der Waals surface area (Å²) in [5.41, 5.74) is 2.92. The molecule has 0 saturated carbocycles. The van der Waals surface area contributed by atoms with Crippen molar-refractivity contribution in [2.45, 2.75) is 23.9 Å². The third-order valence-electron chi connectivity index (χ3n) is 4.61. The van der Waals surface area contributed by atoms with Gasteiger partial charge in [-0.3, -0.25) is 0 Å². The van der Waals surface area contributed by atoms with Crippen LogP contribution in [-0.2, 0) is 11.0 Å². The topological polar surface area (TPSA) is 98.8 Å². The standard InChI is InChI=1S/C17H20FN7OS/c1-19-27(26)12-2-3-14(25-6-4-11(18)5-7-25)13(8-12)24-17-15-16(21-9-20-15)22-10-23-17/h2-3,8-11,19H,4-7H2,1H3,(H2,20,21,22,23,24). The van der Waals surface area contributed by atoms with E-state index in [9.17, 15) is 8.60 Å². The first-order chi connectivity index (χ1) is 13.2. The number of rotatable bonds is 5. The Morgan fingerprint density at radius 2 is 2.07 bits per heavy atom. The Kier molecular flexibility index (Phi) is 4.99. The largest absolute Gasteiger partial charge is 0.370 e. The van der Waals surface area contributed by atoms with Gasteiger partial charge in [0.1, 0.15) is 29.0 Å². The van der Waals surface area contributed by atoms with Gasteiger partial charge < -0.3 is 15.2 Å². The molecule has 1 aliphatic heterocycles. The first-order valence-electron chi connectivity index (χ1n) is 8.69. The van der Waals surface area contributed by atoms with Gasteiger partial charge in [-0.25, -0.2) is 28.3 Å². The number of hydrogen-bond donors (Lipinski definition) is 3. The number of H-pyrrole nitrogens is 1. The number of fused-ring (bicyclic) bond motifs is 1. The molecule has 1 fully saturated rings. The molecule has 1 saturated heterocycles. The second-order valence-electron chi connectivity index (χ2n) is 6.26. The summed E-state index contributed by atoms with van der Waals surface area (Å²) in [6, 6.07) is 5.56. The van der Waals surface area contributed by atoms with E-state index in [0.29, 0.717) is 47.8 Å². The van der Waals surface area contributed by atoms with E-state index in [1.807, 2.05) is 18.2 Å². The summed E-state index contributed by atoms with van der Waals surface area (Å²) in [5.74, 6) is 0.575. The minimum atomic E-state index is -1.32. The molecule has 3 heterocycles. The SMILES string of the molecule is CNS(=O)c1ccc(N2CCC(F)CC2)c(Nc2ncnc3nc[nH]c23)c1. The summed E-state index contributed by atoms with van der Waals surface area (Å²) >= 11 is 0. The first-order valence-corrected chi connectivity index (χ1v) is 9.84. The highest BCUT2D eigenvalue weighted by molar-refractivity contribution is 7.83. The molecule has 0 bridgehead atoms. The van der Waals surface area contributed by atoms with Crippen molar-refractivity contribution in [2.75, 3.05) is 30.4 Å². The molecular formula is C17H20FN7OS. The Bertz CT molecular complexity index is 971. The molecular weight excluding hydrogens is 369 g/mol. The van der Waals surface area contributed by atoms with Gasteiger partial charge in [0.25, 0.3) is 0 Å². The molecule has 1 aliphatic rings. The molecule has 3 aromatic rings. The van der Waals surface area contributed by atoms with Crippen LogP contribution in [0.2, 0.25) is 0 Å². The van der Waals surface area contributed by atoms with Crippen LogP contribution in [0, 0.1) is 0 Å². The van der Waals surface area contributed by atoms with Crippen molar-refractivity contribution in [3.8, 4) is 0 Å². The molecule has 2 aromatic heterocycles. The van der Waals surface area contributed by atoms with Crippen LogP contribution in [0.25, 0.3) is 11.2 Å². The first kappa shape index (κ1) is 17.8. The molecule has 1 atom stereocenters. The summed E-state index contributed by atoms with van der Waals surface area (Å²) in [5, 5.41) is 3.31. The van der Waals surface area contributed by atoms with Gasteiger partial charge in [-0.05, 0) is 38.1 Å². The van der Waals surface area contributed by atoms with Gasteiger partial charge in [-0.2, -0.15) is 0 Å². The second-order valence-corrected chi connectivity index (χ2v) is 7.68. The van der Waals surface area contributed by atoms with Crippen molar-refractivity contribution in [1.82, 2.24) is 24.7 Å². The smallest absolute Gasteiger partial charge is 0.182 e. The van der Waals surface area contributed by atoms with Gasteiger partial charge >= 0.3 is 0 Å². The number of anilines is 3. The number of aromatic amines is 1. The molecule has 0 aliphatic carbocycles.